The zero-order valence-electron chi connectivity index (χ0n) is 16.2. The molecule has 0 atom stereocenters. The van der Waals surface area contributed by atoms with Crippen LogP contribution in [-0.2, 0) is 24.5 Å². The Morgan fingerprint density at radius 1 is 1.23 bits per heavy atom. The summed E-state index contributed by atoms with van der Waals surface area (Å²) < 4.78 is 21.7. The minimum atomic E-state index is -0.486. The molecule has 144 valence electrons. The van der Waals surface area contributed by atoms with Crippen LogP contribution in [0, 0.1) is 6.92 Å². The molecule has 6 nitrogen and oxygen atoms in total. The quantitative estimate of drug-likeness (QED) is 0.725. The SMILES string of the molecule is CCN(c1cc(C2(OC)COC2)cc(C(=O)OC)c1C)C1CCOCC1. The van der Waals surface area contributed by atoms with Gasteiger partial charge in [-0.1, -0.05) is 0 Å². The number of carbonyl (C=O) groups excluding carboxylic acids is 1. The smallest absolute Gasteiger partial charge is 0.338 e. The normalized spacial score (nSPS) is 19.7. The lowest BCUT2D eigenvalue weighted by molar-refractivity contribution is -0.202. The number of carbonyl (C=O) groups is 1. The number of esters is 1. The van der Waals surface area contributed by atoms with Crippen molar-refractivity contribution in [3.8, 4) is 0 Å². The lowest BCUT2D eigenvalue weighted by Crippen LogP contribution is -2.48. The molecule has 0 aliphatic carbocycles. The van der Waals surface area contributed by atoms with Crippen LogP contribution in [0.4, 0.5) is 5.69 Å². The van der Waals surface area contributed by atoms with E-state index in [1.807, 2.05) is 13.0 Å². The first-order valence-corrected chi connectivity index (χ1v) is 9.27. The topological polar surface area (TPSA) is 57.2 Å². The molecule has 6 heteroatoms. The van der Waals surface area contributed by atoms with Gasteiger partial charge in [-0.25, -0.2) is 4.79 Å². The van der Waals surface area contributed by atoms with Crippen LogP contribution in [0.5, 0.6) is 0 Å². The van der Waals surface area contributed by atoms with Crippen LogP contribution in [0.3, 0.4) is 0 Å². The van der Waals surface area contributed by atoms with Gasteiger partial charge in [0.25, 0.3) is 0 Å². The van der Waals surface area contributed by atoms with Crippen LogP contribution >= 0.6 is 0 Å². The molecular formula is C20H29NO5. The number of hydrogen-bond acceptors (Lipinski definition) is 6. The Morgan fingerprint density at radius 2 is 1.92 bits per heavy atom. The molecule has 0 radical (unpaired) electrons. The third kappa shape index (κ3) is 3.33. The first-order valence-electron chi connectivity index (χ1n) is 9.27. The molecule has 2 aliphatic heterocycles. The number of methoxy groups -OCH3 is 2. The zero-order valence-corrected chi connectivity index (χ0v) is 16.2. The Kier molecular flexibility index (Phi) is 5.85. The van der Waals surface area contributed by atoms with E-state index < -0.39 is 5.60 Å². The summed E-state index contributed by atoms with van der Waals surface area (Å²) in [5.41, 5.74) is 3.09. The summed E-state index contributed by atoms with van der Waals surface area (Å²) in [5.74, 6) is -0.319. The first-order chi connectivity index (χ1) is 12.6. The van der Waals surface area contributed by atoms with E-state index in [0.717, 1.165) is 49.4 Å². The summed E-state index contributed by atoms with van der Waals surface area (Å²) in [6.07, 6.45) is 1.98. The van der Waals surface area contributed by atoms with Crippen LogP contribution in [0.25, 0.3) is 0 Å². The Hall–Kier alpha value is -1.63. The van der Waals surface area contributed by atoms with Gasteiger partial charge in [0.1, 0.15) is 5.60 Å². The standard InChI is InChI=1S/C20H29NO5/c1-5-21(16-6-8-25-9-7-16)18-11-15(20(24-4)12-26-13-20)10-17(14(18)2)19(22)23-3/h10-11,16H,5-9,12-13H2,1-4H3. The lowest BCUT2D eigenvalue weighted by atomic mass is 9.87. The Labute approximate surface area is 155 Å². The van der Waals surface area contributed by atoms with E-state index in [0.29, 0.717) is 24.8 Å². The van der Waals surface area contributed by atoms with E-state index in [2.05, 4.69) is 17.9 Å². The van der Waals surface area contributed by atoms with Gasteiger partial charge in [0.05, 0.1) is 25.9 Å². The first kappa shape index (κ1) is 19.1. The Morgan fingerprint density at radius 3 is 2.42 bits per heavy atom. The van der Waals surface area contributed by atoms with Crippen molar-refractivity contribution in [3.05, 3.63) is 28.8 Å². The largest absolute Gasteiger partial charge is 0.465 e. The maximum absolute atomic E-state index is 12.4. The highest BCUT2D eigenvalue weighted by Crippen LogP contribution is 2.38. The molecule has 0 amide bonds. The van der Waals surface area contributed by atoms with Crippen molar-refractivity contribution in [1.29, 1.82) is 0 Å². The van der Waals surface area contributed by atoms with Gasteiger partial charge in [-0.3, -0.25) is 0 Å². The van der Waals surface area contributed by atoms with Crippen LogP contribution in [0.1, 0.15) is 41.3 Å². The molecule has 0 unspecified atom stereocenters. The van der Waals surface area contributed by atoms with E-state index >= 15 is 0 Å². The zero-order chi connectivity index (χ0) is 18.7. The molecule has 2 heterocycles. The molecule has 2 saturated heterocycles. The monoisotopic (exact) mass is 363 g/mol. The van der Waals surface area contributed by atoms with Crippen molar-refractivity contribution in [2.45, 2.75) is 38.3 Å². The second kappa shape index (κ2) is 7.94. The number of ether oxygens (including phenoxy) is 4. The van der Waals surface area contributed by atoms with Crippen LogP contribution in [-0.4, -0.2) is 59.2 Å². The fraction of sp³-hybridized carbons (Fsp3) is 0.650. The second-order valence-corrected chi connectivity index (χ2v) is 6.98. The summed E-state index contributed by atoms with van der Waals surface area (Å²) in [7, 11) is 3.11. The molecule has 1 aromatic rings. The van der Waals surface area contributed by atoms with Crippen molar-refractivity contribution in [2.75, 3.05) is 52.1 Å². The number of anilines is 1. The molecule has 0 saturated carbocycles. The van der Waals surface area contributed by atoms with Crippen LogP contribution in [0.15, 0.2) is 12.1 Å². The summed E-state index contributed by atoms with van der Waals surface area (Å²) in [6.45, 7) is 7.55. The highest BCUT2D eigenvalue weighted by Gasteiger charge is 2.42. The molecule has 3 rings (SSSR count). The number of nitrogens with zero attached hydrogens (tertiary/aromatic N) is 1. The summed E-state index contributed by atoms with van der Waals surface area (Å²) in [4.78, 5) is 14.8. The van der Waals surface area contributed by atoms with Gasteiger partial charge in [0.15, 0.2) is 0 Å². The minimum Gasteiger partial charge on any atom is -0.465 e. The maximum atomic E-state index is 12.4. The molecule has 0 bridgehead atoms. The molecule has 2 fully saturated rings. The fourth-order valence-electron chi connectivity index (χ4n) is 3.89. The predicted octanol–water partition coefficient (Wildman–Crippen LogP) is 2.66. The highest BCUT2D eigenvalue weighted by atomic mass is 16.6. The highest BCUT2D eigenvalue weighted by molar-refractivity contribution is 5.93. The Balaban J connectivity index is 2.08. The molecule has 0 spiro atoms. The molecule has 1 aromatic carbocycles. The summed E-state index contributed by atoms with van der Waals surface area (Å²) in [6, 6.07) is 4.46. The fourth-order valence-corrected chi connectivity index (χ4v) is 3.89. The predicted molar refractivity (Wildman–Crippen MR) is 98.9 cm³/mol. The van der Waals surface area contributed by atoms with E-state index in [4.69, 9.17) is 18.9 Å². The van der Waals surface area contributed by atoms with Gasteiger partial charge < -0.3 is 23.8 Å². The second-order valence-electron chi connectivity index (χ2n) is 6.98. The molecule has 26 heavy (non-hydrogen) atoms. The van der Waals surface area contributed by atoms with Gasteiger partial charge in [0, 0.05) is 38.6 Å². The van der Waals surface area contributed by atoms with Crippen molar-refractivity contribution < 1.29 is 23.7 Å². The van der Waals surface area contributed by atoms with Crippen molar-refractivity contribution in [1.82, 2.24) is 0 Å². The van der Waals surface area contributed by atoms with Gasteiger partial charge >= 0.3 is 5.97 Å². The third-order valence-electron chi connectivity index (χ3n) is 5.65. The van der Waals surface area contributed by atoms with E-state index in [-0.39, 0.29) is 5.97 Å². The van der Waals surface area contributed by atoms with E-state index in [1.54, 1.807) is 7.11 Å². The summed E-state index contributed by atoms with van der Waals surface area (Å²) in [5, 5.41) is 0. The van der Waals surface area contributed by atoms with Crippen LogP contribution < -0.4 is 4.90 Å². The molecular weight excluding hydrogens is 334 g/mol. The number of benzene rings is 1. The molecule has 0 N–H and O–H groups in total. The Bertz CT molecular complexity index is 644. The van der Waals surface area contributed by atoms with Gasteiger partial charge in [-0.05, 0) is 49.9 Å². The van der Waals surface area contributed by atoms with E-state index in [1.165, 1.54) is 7.11 Å². The number of hydrogen-bond donors (Lipinski definition) is 0. The van der Waals surface area contributed by atoms with Crippen molar-refractivity contribution in [3.63, 3.8) is 0 Å². The van der Waals surface area contributed by atoms with Crippen molar-refractivity contribution in [2.24, 2.45) is 0 Å². The van der Waals surface area contributed by atoms with E-state index in [9.17, 15) is 4.79 Å². The summed E-state index contributed by atoms with van der Waals surface area (Å²) >= 11 is 0. The van der Waals surface area contributed by atoms with Gasteiger partial charge in [0.2, 0.25) is 0 Å². The minimum absolute atomic E-state index is 0.319. The van der Waals surface area contributed by atoms with Crippen LogP contribution in [0.2, 0.25) is 0 Å². The average molecular weight is 363 g/mol. The number of rotatable bonds is 6. The molecule has 0 aromatic heterocycles. The molecule has 2 aliphatic rings. The van der Waals surface area contributed by atoms with Gasteiger partial charge in [-0.2, -0.15) is 0 Å². The third-order valence-corrected chi connectivity index (χ3v) is 5.65. The maximum Gasteiger partial charge on any atom is 0.338 e. The van der Waals surface area contributed by atoms with Gasteiger partial charge in [-0.15, -0.1) is 0 Å². The average Bonchev–Trinajstić information content (AvgIpc) is 2.64. The lowest BCUT2D eigenvalue weighted by Gasteiger charge is -2.42. The van der Waals surface area contributed by atoms with Crippen molar-refractivity contribution >= 4 is 11.7 Å².